The van der Waals surface area contributed by atoms with E-state index in [2.05, 4.69) is 4.74 Å². The highest BCUT2D eigenvalue weighted by Crippen LogP contribution is 2.29. The molecule has 2 rings (SSSR count). The van der Waals surface area contributed by atoms with Gasteiger partial charge in [0, 0.05) is 12.2 Å². The number of ether oxygens (including phenoxy) is 1. The lowest BCUT2D eigenvalue weighted by molar-refractivity contribution is -0.139. The number of hydrogen-bond donors (Lipinski definition) is 0. The van der Waals surface area contributed by atoms with Crippen LogP contribution in [0.1, 0.15) is 17.5 Å². The van der Waals surface area contributed by atoms with E-state index in [-0.39, 0.29) is 18.2 Å². The van der Waals surface area contributed by atoms with Crippen LogP contribution in [-0.2, 0) is 20.7 Å². The Morgan fingerprint density at radius 2 is 2.11 bits per heavy atom. The standard InChI is InChI=1S/C14H14O3S/c1-17-14(16)9-11-4-2-10(3-5-11)8-13-12(15)6-7-18-13/h2-5,8H,6-7,9H2,1H3/b13-8-. The zero-order valence-electron chi connectivity index (χ0n) is 10.1. The van der Waals surface area contributed by atoms with E-state index in [9.17, 15) is 9.59 Å². The van der Waals surface area contributed by atoms with E-state index in [1.54, 1.807) is 11.8 Å². The summed E-state index contributed by atoms with van der Waals surface area (Å²) in [5, 5.41) is 0. The number of ketones is 1. The molecule has 0 amide bonds. The van der Waals surface area contributed by atoms with Gasteiger partial charge in [0.1, 0.15) is 0 Å². The molecule has 18 heavy (non-hydrogen) atoms. The van der Waals surface area contributed by atoms with E-state index >= 15 is 0 Å². The zero-order valence-corrected chi connectivity index (χ0v) is 11.0. The van der Waals surface area contributed by atoms with Gasteiger partial charge in [0.25, 0.3) is 0 Å². The topological polar surface area (TPSA) is 43.4 Å². The largest absolute Gasteiger partial charge is 0.469 e. The van der Waals surface area contributed by atoms with Crippen molar-refractivity contribution in [2.45, 2.75) is 12.8 Å². The lowest BCUT2D eigenvalue weighted by atomic mass is 10.1. The number of allylic oxidation sites excluding steroid dienone is 1. The van der Waals surface area contributed by atoms with Gasteiger partial charge in [-0.05, 0) is 17.2 Å². The van der Waals surface area contributed by atoms with Crippen molar-refractivity contribution >= 4 is 29.6 Å². The highest BCUT2D eigenvalue weighted by atomic mass is 32.2. The van der Waals surface area contributed by atoms with Crippen LogP contribution in [0.5, 0.6) is 0 Å². The van der Waals surface area contributed by atoms with E-state index in [1.165, 1.54) is 7.11 Å². The van der Waals surface area contributed by atoms with Crippen LogP contribution < -0.4 is 0 Å². The fraction of sp³-hybridized carbons (Fsp3) is 0.286. The van der Waals surface area contributed by atoms with Crippen LogP contribution in [-0.4, -0.2) is 24.6 Å². The Morgan fingerprint density at radius 3 is 2.67 bits per heavy atom. The second kappa shape index (κ2) is 5.87. The first kappa shape index (κ1) is 12.9. The van der Waals surface area contributed by atoms with Crippen LogP contribution in [0.15, 0.2) is 29.2 Å². The molecule has 1 aromatic carbocycles. The maximum Gasteiger partial charge on any atom is 0.309 e. The minimum atomic E-state index is -0.248. The molecule has 1 heterocycles. The monoisotopic (exact) mass is 262 g/mol. The highest BCUT2D eigenvalue weighted by Gasteiger charge is 2.17. The van der Waals surface area contributed by atoms with Gasteiger partial charge in [-0.1, -0.05) is 24.3 Å². The third-order valence-corrected chi connectivity index (χ3v) is 3.78. The third-order valence-electron chi connectivity index (χ3n) is 2.72. The van der Waals surface area contributed by atoms with Crippen LogP contribution in [0.2, 0.25) is 0 Å². The summed E-state index contributed by atoms with van der Waals surface area (Å²) in [5.74, 6) is 0.853. The lowest BCUT2D eigenvalue weighted by Gasteiger charge is -2.01. The molecule has 1 aliphatic rings. The van der Waals surface area contributed by atoms with Gasteiger partial charge in [-0.3, -0.25) is 9.59 Å². The number of methoxy groups -OCH3 is 1. The van der Waals surface area contributed by atoms with Crippen molar-refractivity contribution in [1.82, 2.24) is 0 Å². The molecule has 94 valence electrons. The van der Waals surface area contributed by atoms with Crippen molar-refractivity contribution in [3.63, 3.8) is 0 Å². The molecule has 1 fully saturated rings. The quantitative estimate of drug-likeness (QED) is 0.620. The predicted molar refractivity (Wildman–Crippen MR) is 72.2 cm³/mol. The molecule has 0 radical (unpaired) electrons. The summed E-state index contributed by atoms with van der Waals surface area (Å²) in [6, 6.07) is 7.59. The summed E-state index contributed by atoms with van der Waals surface area (Å²) < 4.78 is 4.61. The molecule has 1 aromatic rings. The van der Waals surface area contributed by atoms with E-state index in [4.69, 9.17) is 0 Å². The normalized spacial score (nSPS) is 17.2. The molecule has 0 spiro atoms. The molecule has 1 saturated heterocycles. The second-order valence-corrected chi connectivity index (χ2v) is 5.16. The maximum absolute atomic E-state index is 11.5. The summed E-state index contributed by atoms with van der Waals surface area (Å²) >= 11 is 1.60. The fourth-order valence-electron chi connectivity index (χ4n) is 1.70. The zero-order chi connectivity index (χ0) is 13.0. The van der Waals surface area contributed by atoms with Gasteiger partial charge in [0.05, 0.1) is 18.4 Å². The Hall–Kier alpha value is -1.55. The maximum atomic E-state index is 11.5. The first-order valence-electron chi connectivity index (χ1n) is 5.72. The molecule has 0 aliphatic carbocycles. The Labute approximate surface area is 110 Å². The van der Waals surface area contributed by atoms with Crippen molar-refractivity contribution in [2.75, 3.05) is 12.9 Å². The molecule has 0 aromatic heterocycles. The summed E-state index contributed by atoms with van der Waals surface area (Å²) in [6.45, 7) is 0. The average molecular weight is 262 g/mol. The number of benzene rings is 1. The smallest absolute Gasteiger partial charge is 0.309 e. The summed E-state index contributed by atoms with van der Waals surface area (Å²) in [7, 11) is 1.38. The SMILES string of the molecule is COC(=O)Cc1ccc(/C=C2\SCCC2=O)cc1. The van der Waals surface area contributed by atoms with Crippen LogP contribution in [0.3, 0.4) is 0 Å². The van der Waals surface area contributed by atoms with E-state index < -0.39 is 0 Å². The van der Waals surface area contributed by atoms with Gasteiger partial charge in [-0.15, -0.1) is 11.8 Å². The molecule has 0 bridgehead atoms. The van der Waals surface area contributed by atoms with Crippen molar-refractivity contribution in [2.24, 2.45) is 0 Å². The van der Waals surface area contributed by atoms with Crippen LogP contribution in [0.25, 0.3) is 6.08 Å². The Bertz CT molecular complexity index is 488. The van der Waals surface area contributed by atoms with Crippen molar-refractivity contribution < 1.29 is 14.3 Å². The number of carbonyl (C=O) groups excluding carboxylic acids is 2. The predicted octanol–water partition coefficient (Wildman–Crippen LogP) is 2.45. The molecular weight excluding hydrogens is 248 g/mol. The number of thioether (sulfide) groups is 1. The second-order valence-electron chi connectivity index (χ2n) is 4.02. The van der Waals surface area contributed by atoms with Gasteiger partial charge >= 0.3 is 5.97 Å². The molecular formula is C14H14O3S. The third kappa shape index (κ3) is 3.23. The van der Waals surface area contributed by atoms with Gasteiger partial charge in [0.2, 0.25) is 0 Å². The minimum absolute atomic E-state index is 0.221. The first-order valence-corrected chi connectivity index (χ1v) is 6.71. The number of rotatable bonds is 3. The molecule has 3 nitrogen and oxygen atoms in total. The molecule has 0 unspecified atom stereocenters. The fourth-order valence-corrected chi connectivity index (χ4v) is 2.69. The minimum Gasteiger partial charge on any atom is -0.469 e. The Balaban J connectivity index is 2.08. The molecule has 0 N–H and O–H groups in total. The van der Waals surface area contributed by atoms with E-state index in [1.807, 2.05) is 30.3 Å². The van der Waals surface area contributed by atoms with Crippen LogP contribution in [0, 0.1) is 0 Å². The summed E-state index contributed by atoms with van der Waals surface area (Å²) in [6.07, 6.45) is 2.82. The number of esters is 1. The Morgan fingerprint density at radius 1 is 1.39 bits per heavy atom. The summed E-state index contributed by atoms with van der Waals surface area (Å²) in [4.78, 5) is 23.4. The highest BCUT2D eigenvalue weighted by molar-refractivity contribution is 8.04. The number of hydrogen-bond acceptors (Lipinski definition) is 4. The van der Waals surface area contributed by atoms with Gasteiger partial charge in [0.15, 0.2) is 5.78 Å². The van der Waals surface area contributed by atoms with E-state index in [0.717, 1.165) is 21.8 Å². The Kier molecular flexibility index (Phi) is 4.20. The molecule has 0 atom stereocenters. The van der Waals surface area contributed by atoms with Crippen molar-refractivity contribution in [1.29, 1.82) is 0 Å². The van der Waals surface area contributed by atoms with Gasteiger partial charge in [-0.2, -0.15) is 0 Å². The summed E-state index contributed by atoms with van der Waals surface area (Å²) in [5.41, 5.74) is 1.90. The molecule has 0 saturated carbocycles. The van der Waals surface area contributed by atoms with Crippen molar-refractivity contribution in [3.05, 3.63) is 40.3 Å². The van der Waals surface area contributed by atoms with Gasteiger partial charge < -0.3 is 4.74 Å². The lowest BCUT2D eigenvalue weighted by Crippen LogP contribution is -2.04. The van der Waals surface area contributed by atoms with Crippen LogP contribution in [0.4, 0.5) is 0 Å². The van der Waals surface area contributed by atoms with Crippen molar-refractivity contribution in [3.8, 4) is 0 Å². The van der Waals surface area contributed by atoms with Gasteiger partial charge in [-0.25, -0.2) is 0 Å². The molecule has 1 aliphatic heterocycles. The number of carbonyl (C=O) groups is 2. The van der Waals surface area contributed by atoms with Crippen LogP contribution >= 0.6 is 11.8 Å². The first-order chi connectivity index (χ1) is 8.69. The van der Waals surface area contributed by atoms with E-state index in [0.29, 0.717) is 6.42 Å². The number of Topliss-reactive ketones (excluding diaryl/α,β-unsaturated/α-hetero) is 1. The molecule has 4 heteroatoms. The average Bonchev–Trinajstić information content (AvgIpc) is 2.77.